The molecular weight excluding hydrogens is 236 g/mol. The molecule has 2 atom stereocenters. The maximum atomic E-state index is 11.8. The number of carbonyl (C=O) groups is 1. The predicted octanol–water partition coefficient (Wildman–Crippen LogP) is 2.44. The fraction of sp³-hybridized carbons (Fsp3) is 0.636. The molecule has 2 amide bonds. The fourth-order valence-corrected chi connectivity index (χ4v) is 2.69. The van der Waals surface area contributed by atoms with Crippen molar-refractivity contribution in [2.45, 2.75) is 45.2 Å². The van der Waals surface area contributed by atoms with Gasteiger partial charge in [-0.3, -0.25) is 10.7 Å². The minimum atomic E-state index is -0.208. The van der Waals surface area contributed by atoms with Crippen LogP contribution in [0.1, 0.15) is 33.1 Å². The summed E-state index contributed by atoms with van der Waals surface area (Å²) in [5, 5.41) is 7.22. The highest BCUT2D eigenvalue weighted by molar-refractivity contribution is 7.13. The van der Waals surface area contributed by atoms with Crippen LogP contribution in [0.5, 0.6) is 0 Å². The highest BCUT2D eigenvalue weighted by atomic mass is 32.1. The maximum Gasteiger partial charge on any atom is 0.335 e. The van der Waals surface area contributed by atoms with E-state index in [2.05, 4.69) is 29.6 Å². The van der Waals surface area contributed by atoms with Crippen LogP contribution in [0.4, 0.5) is 9.93 Å². The Kier molecular flexibility index (Phi) is 3.96. The lowest BCUT2D eigenvalue weighted by molar-refractivity contribution is 0.0625. The quantitative estimate of drug-likeness (QED) is 0.852. The Morgan fingerprint density at radius 2 is 2.18 bits per heavy atom. The van der Waals surface area contributed by atoms with Crippen LogP contribution in [0.15, 0.2) is 11.6 Å². The summed E-state index contributed by atoms with van der Waals surface area (Å²) in [5.41, 5.74) is 2.91. The lowest BCUT2D eigenvalue weighted by Gasteiger charge is -2.38. The Morgan fingerprint density at radius 3 is 2.76 bits per heavy atom. The van der Waals surface area contributed by atoms with Gasteiger partial charge in [-0.05, 0) is 26.7 Å². The molecule has 0 saturated carbocycles. The lowest BCUT2D eigenvalue weighted by Crippen LogP contribution is -2.55. The standard InChI is InChI=1S/C11H18N4OS/c1-8-4-3-5-9(2)15(8)14-10(16)13-11-12-6-7-17-11/h6-9H,3-5H2,1-2H3,(H2,12,13,14,16). The van der Waals surface area contributed by atoms with Gasteiger partial charge in [0.25, 0.3) is 0 Å². The molecule has 1 aliphatic heterocycles. The zero-order chi connectivity index (χ0) is 12.3. The van der Waals surface area contributed by atoms with Crippen LogP contribution in [0.3, 0.4) is 0 Å². The van der Waals surface area contributed by atoms with Crippen molar-refractivity contribution in [2.75, 3.05) is 5.32 Å². The van der Waals surface area contributed by atoms with Gasteiger partial charge in [0.05, 0.1) is 0 Å². The Bertz CT molecular complexity index is 358. The monoisotopic (exact) mass is 254 g/mol. The summed E-state index contributed by atoms with van der Waals surface area (Å²) in [6.45, 7) is 4.28. The first-order valence-corrected chi connectivity index (χ1v) is 6.80. The zero-order valence-corrected chi connectivity index (χ0v) is 11.0. The molecule has 0 aliphatic carbocycles. The van der Waals surface area contributed by atoms with Gasteiger partial charge in [0.15, 0.2) is 5.13 Å². The van der Waals surface area contributed by atoms with Crippen LogP contribution in [-0.4, -0.2) is 28.1 Å². The average molecular weight is 254 g/mol. The van der Waals surface area contributed by atoms with Gasteiger partial charge >= 0.3 is 6.03 Å². The van der Waals surface area contributed by atoms with E-state index in [-0.39, 0.29) is 6.03 Å². The molecule has 1 aliphatic rings. The highest BCUT2D eigenvalue weighted by Crippen LogP contribution is 2.20. The second-order valence-corrected chi connectivity index (χ2v) is 5.33. The van der Waals surface area contributed by atoms with E-state index in [0.717, 1.165) is 12.8 Å². The largest absolute Gasteiger partial charge is 0.335 e. The van der Waals surface area contributed by atoms with Crippen molar-refractivity contribution in [1.29, 1.82) is 0 Å². The molecule has 5 nitrogen and oxygen atoms in total. The number of piperidine rings is 1. The summed E-state index contributed by atoms with van der Waals surface area (Å²) in [4.78, 5) is 15.8. The molecule has 2 unspecified atom stereocenters. The smallest absolute Gasteiger partial charge is 0.283 e. The molecule has 2 rings (SSSR count). The van der Waals surface area contributed by atoms with Crippen molar-refractivity contribution in [2.24, 2.45) is 0 Å². The lowest BCUT2D eigenvalue weighted by atomic mass is 10.00. The Balaban J connectivity index is 1.88. The van der Waals surface area contributed by atoms with Gasteiger partial charge < -0.3 is 0 Å². The summed E-state index contributed by atoms with van der Waals surface area (Å²) in [6, 6.07) is 0.571. The fourth-order valence-electron chi connectivity index (χ4n) is 2.17. The SMILES string of the molecule is CC1CCCC(C)N1NC(=O)Nc1nccs1. The van der Waals surface area contributed by atoms with E-state index in [0.29, 0.717) is 17.2 Å². The number of hydrogen-bond acceptors (Lipinski definition) is 4. The second-order valence-electron chi connectivity index (χ2n) is 4.44. The van der Waals surface area contributed by atoms with Crippen LogP contribution in [0.25, 0.3) is 0 Å². The topological polar surface area (TPSA) is 57.3 Å². The number of anilines is 1. The van der Waals surface area contributed by atoms with Crippen LogP contribution < -0.4 is 10.7 Å². The molecule has 2 heterocycles. The van der Waals surface area contributed by atoms with Crippen LogP contribution in [0.2, 0.25) is 0 Å². The molecule has 17 heavy (non-hydrogen) atoms. The minimum Gasteiger partial charge on any atom is -0.283 e. The number of nitrogens with one attached hydrogen (secondary N) is 2. The molecular formula is C11H18N4OS. The molecule has 1 fully saturated rings. The van der Waals surface area contributed by atoms with Gasteiger partial charge in [0.1, 0.15) is 0 Å². The van der Waals surface area contributed by atoms with E-state index in [1.165, 1.54) is 17.8 Å². The van der Waals surface area contributed by atoms with Crippen molar-refractivity contribution in [3.8, 4) is 0 Å². The summed E-state index contributed by atoms with van der Waals surface area (Å²) in [6.07, 6.45) is 5.16. The third-order valence-electron chi connectivity index (χ3n) is 3.08. The highest BCUT2D eigenvalue weighted by Gasteiger charge is 2.26. The molecule has 1 aromatic heterocycles. The number of hydrogen-bond donors (Lipinski definition) is 2. The van der Waals surface area contributed by atoms with Crippen molar-refractivity contribution in [3.05, 3.63) is 11.6 Å². The first-order valence-electron chi connectivity index (χ1n) is 5.92. The third kappa shape index (κ3) is 3.17. The summed E-state index contributed by atoms with van der Waals surface area (Å²) in [7, 11) is 0. The summed E-state index contributed by atoms with van der Waals surface area (Å²) in [5.74, 6) is 0. The van der Waals surface area contributed by atoms with Gasteiger partial charge in [-0.25, -0.2) is 14.8 Å². The number of amides is 2. The normalized spacial score (nSPS) is 25.5. The minimum absolute atomic E-state index is 0.208. The van der Waals surface area contributed by atoms with Gasteiger partial charge in [0.2, 0.25) is 0 Å². The van der Waals surface area contributed by atoms with E-state index in [1.54, 1.807) is 6.20 Å². The van der Waals surface area contributed by atoms with E-state index in [1.807, 2.05) is 10.4 Å². The van der Waals surface area contributed by atoms with E-state index >= 15 is 0 Å². The molecule has 94 valence electrons. The van der Waals surface area contributed by atoms with Crippen LogP contribution in [-0.2, 0) is 0 Å². The number of carbonyl (C=O) groups excluding carboxylic acids is 1. The molecule has 1 aromatic rings. The van der Waals surface area contributed by atoms with Gasteiger partial charge in [-0.15, -0.1) is 11.3 Å². The van der Waals surface area contributed by atoms with Crippen molar-refractivity contribution >= 4 is 22.5 Å². The second kappa shape index (κ2) is 5.46. The van der Waals surface area contributed by atoms with Crippen molar-refractivity contribution in [1.82, 2.24) is 15.4 Å². The van der Waals surface area contributed by atoms with E-state index in [9.17, 15) is 4.79 Å². The number of rotatable bonds is 2. The Labute approximate surface area is 105 Å². The summed E-state index contributed by atoms with van der Waals surface area (Å²) >= 11 is 1.41. The van der Waals surface area contributed by atoms with Gasteiger partial charge in [-0.2, -0.15) is 0 Å². The first-order chi connectivity index (χ1) is 8.16. The molecule has 0 radical (unpaired) electrons. The molecule has 6 heteroatoms. The van der Waals surface area contributed by atoms with Gasteiger partial charge in [-0.1, -0.05) is 6.42 Å². The van der Waals surface area contributed by atoms with Gasteiger partial charge in [0, 0.05) is 23.7 Å². The van der Waals surface area contributed by atoms with E-state index in [4.69, 9.17) is 0 Å². The molecule has 2 N–H and O–H groups in total. The van der Waals surface area contributed by atoms with Crippen molar-refractivity contribution in [3.63, 3.8) is 0 Å². The third-order valence-corrected chi connectivity index (χ3v) is 3.77. The van der Waals surface area contributed by atoms with Crippen LogP contribution >= 0.6 is 11.3 Å². The number of urea groups is 1. The number of nitrogens with zero attached hydrogens (tertiary/aromatic N) is 2. The van der Waals surface area contributed by atoms with Crippen molar-refractivity contribution < 1.29 is 4.79 Å². The zero-order valence-electron chi connectivity index (χ0n) is 10.1. The molecule has 0 aromatic carbocycles. The molecule has 0 spiro atoms. The number of aromatic nitrogens is 1. The van der Waals surface area contributed by atoms with E-state index < -0.39 is 0 Å². The molecule has 0 bridgehead atoms. The Hall–Kier alpha value is -1.14. The number of hydrazine groups is 1. The van der Waals surface area contributed by atoms with Crippen LogP contribution in [0, 0.1) is 0 Å². The predicted molar refractivity (Wildman–Crippen MR) is 68.9 cm³/mol. The molecule has 1 saturated heterocycles. The average Bonchev–Trinajstić information content (AvgIpc) is 2.76. The maximum absolute atomic E-state index is 11.8. The first kappa shape index (κ1) is 12.3. The number of thiazole rings is 1. The summed E-state index contributed by atoms with van der Waals surface area (Å²) < 4.78 is 0. The Morgan fingerprint density at radius 1 is 1.47 bits per heavy atom.